The van der Waals surface area contributed by atoms with Gasteiger partial charge in [-0.3, -0.25) is 4.79 Å². The number of hydrogen-bond donors (Lipinski definition) is 1. The number of phenols is 1. The van der Waals surface area contributed by atoms with Crippen LogP contribution in [0.2, 0.25) is 0 Å². The van der Waals surface area contributed by atoms with Gasteiger partial charge in [0.15, 0.2) is 0 Å². The Morgan fingerprint density at radius 3 is 2.50 bits per heavy atom. The monoisotopic (exact) mass is 323 g/mol. The van der Waals surface area contributed by atoms with Crippen LogP contribution in [0, 0.1) is 10.8 Å². The van der Waals surface area contributed by atoms with Crippen LogP contribution in [0.5, 0.6) is 5.75 Å². The minimum absolute atomic E-state index is 0.216. The molecule has 3 heteroatoms. The lowest BCUT2D eigenvalue weighted by Gasteiger charge is -2.53. The third kappa shape index (κ3) is 2.07. The average Bonchev–Trinajstić information content (AvgIpc) is 2.95. The lowest BCUT2D eigenvalue weighted by Crippen LogP contribution is -2.53. The van der Waals surface area contributed by atoms with Crippen LogP contribution in [0.1, 0.15) is 45.6 Å². The van der Waals surface area contributed by atoms with E-state index < -0.39 is 0 Å². The van der Waals surface area contributed by atoms with Crippen molar-refractivity contribution in [2.24, 2.45) is 10.8 Å². The molecule has 2 aromatic rings. The van der Waals surface area contributed by atoms with E-state index in [4.69, 9.17) is 0 Å². The molecule has 0 atom stereocenters. The minimum Gasteiger partial charge on any atom is -0.507 e. The molecule has 1 aliphatic heterocycles. The molecule has 0 unspecified atom stereocenters. The Morgan fingerprint density at radius 1 is 1.21 bits per heavy atom. The molecule has 0 radical (unpaired) electrons. The first kappa shape index (κ1) is 15.5. The van der Waals surface area contributed by atoms with Crippen LogP contribution in [0.3, 0.4) is 0 Å². The molecule has 0 spiro atoms. The van der Waals surface area contributed by atoms with Crippen molar-refractivity contribution in [3.8, 4) is 5.75 Å². The highest BCUT2D eigenvalue weighted by Crippen LogP contribution is 2.57. The summed E-state index contributed by atoms with van der Waals surface area (Å²) < 4.78 is 0. The third-order valence-electron chi connectivity index (χ3n) is 6.00. The highest BCUT2D eigenvalue weighted by atomic mass is 16.3. The van der Waals surface area contributed by atoms with Gasteiger partial charge in [0.1, 0.15) is 5.75 Å². The van der Waals surface area contributed by atoms with E-state index in [1.807, 2.05) is 29.2 Å². The Balaban J connectivity index is 1.76. The summed E-state index contributed by atoms with van der Waals surface area (Å²) in [6.45, 7) is 7.34. The number of amides is 1. The summed E-state index contributed by atoms with van der Waals surface area (Å²) in [5, 5.41) is 12.4. The first-order chi connectivity index (χ1) is 11.4. The molecule has 1 aliphatic carbocycles. The second-order valence-corrected chi connectivity index (χ2v) is 8.30. The van der Waals surface area contributed by atoms with Gasteiger partial charge in [-0.05, 0) is 42.0 Å². The van der Waals surface area contributed by atoms with Crippen LogP contribution >= 0.6 is 0 Å². The lowest BCUT2D eigenvalue weighted by molar-refractivity contribution is -0.142. The lowest BCUT2D eigenvalue weighted by atomic mass is 9.52. The van der Waals surface area contributed by atoms with Gasteiger partial charge in [0, 0.05) is 18.0 Å². The number of phenolic OH excluding ortho intramolecular Hbond substituents is 1. The second-order valence-electron chi connectivity index (χ2n) is 8.30. The quantitative estimate of drug-likeness (QED) is 0.874. The summed E-state index contributed by atoms with van der Waals surface area (Å²) in [4.78, 5) is 15.3. The number of benzene rings is 2. The predicted octanol–water partition coefficient (Wildman–Crippen LogP) is 4.65. The van der Waals surface area contributed by atoms with Crippen molar-refractivity contribution in [2.75, 3.05) is 11.4 Å². The van der Waals surface area contributed by atoms with Gasteiger partial charge in [0.25, 0.3) is 0 Å². The number of carbonyl (C=O) groups excluding carboxylic acids is 1. The third-order valence-corrected chi connectivity index (χ3v) is 6.00. The van der Waals surface area contributed by atoms with Crippen LogP contribution in [-0.2, 0) is 11.2 Å². The molecule has 0 aromatic heterocycles. The molecule has 1 saturated carbocycles. The summed E-state index contributed by atoms with van der Waals surface area (Å²) in [7, 11) is 0. The first-order valence-electron chi connectivity index (χ1n) is 8.92. The minimum atomic E-state index is -0.216. The van der Waals surface area contributed by atoms with Crippen LogP contribution in [0.15, 0.2) is 30.3 Å². The normalized spacial score (nSPS) is 20.7. The van der Waals surface area contributed by atoms with E-state index in [-0.39, 0.29) is 22.5 Å². The van der Waals surface area contributed by atoms with Crippen molar-refractivity contribution in [3.63, 3.8) is 0 Å². The number of hydrogen-bond acceptors (Lipinski definition) is 2. The number of carbonyl (C=O) groups is 1. The molecular weight excluding hydrogens is 298 g/mol. The zero-order valence-electron chi connectivity index (χ0n) is 14.7. The van der Waals surface area contributed by atoms with Crippen molar-refractivity contribution >= 4 is 22.4 Å². The largest absolute Gasteiger partial charge is 0.507 e. The summed E-state index contributed by atoms with van der Waals surface area (Å²) in [6, 6.07) is 9.71. The molecule has 24 heavy (non-hydrogen) atoms. The molecule has 1 N–H and O–H groups in total. The Morgan fingerprint density at radius 2 is 1.88 bits per heavy atom. The van der Waals surface area contributed by atoms with E-state index in [9.17, 15) is 9.90 Å². The molecule has 1 fully saturated rings. The van der Waals surface area contributed by atoms with Gasteiger partial charge >= 0.3 is 0 Å². The van der Waals surface area contributed by atoms with Crippen molar-refractivity contribution in [1.29, 1.82) is 0 Å². The maximum atomic E-state index is 13.3. The van der Waals surface area contributed by atoms with Gasteiger partial charge in [-0.1, -0.05) is 45.0 Å². The zero-order chi connectivity index (χ0) is 17.1. The van der Waals surface area contributed by atoms with E-state index in [1.54, 1.807) is 6.07 Å². The smallest absolute Gasteiger partial charge is 0.233 e. The topological polar surface area (TPSA) is 40.5 Å². The fourth-order valence-corrected chi connectivity index (χ4v) is 5.08. The van der Waals surface area contributed by atoms with Crippen LogP contribution in [0.25, 0.3) is 10.8 Å². The molecular formula is C21H25NO2. The SMILES string of the molecule is CCC1(C(=O)N2CCc3c2cc(O)c2ccccc32)CC(C)(C)C1. The standard InChI is InChI=1S/C21H25NO2/c1-4-21(12-20(2,3)13-21)19(24)22-10-9-15-14-7-5-6-8-16(14)18(23)11-17(15)22/h5-8,11,23H,4,9-10,12-13H2,1-3H3. The summed E-state index contributed by atoms with van der Waals surface area (Å²) >= 11 is 0. The van der Waals surface area contributed by atoms with Crippen LogP contribution in [0.4, 0.5) is 5.69 Å². The molecule has 2 aliphatic rings. The summed E-state index contributed by atoms with van der Waals surface area (Å²) in [6.07, 6.45) is 3.67. The second kappa shape index (κ2) is 4.98. The maximum absolute atomic E-state index is 13.3. The number of anilines is 1. The molecule has 2 aromatic carbocycles. The molecule has 3 nitrogen and oxygen atoms in total. The maximum Gasteiger partial charge on any atom is 0.233 e. The van der Waals surface area contributed by atoms with Crippen molar-refractivity contribution in [3.05, 3.63) is 35.9 Å². The number of aromatic hydroxyl groups is 1. The molecule has 1 heterocycles. The van der Waals surface area contributed by atoms with E-state index in [1.165, 1.54) is 5.56 Å². The molecule has 126 valence electrons. The number of fused-ring (bicyclic) bond motifs is 3. The Kier molecular flexibility index (Phi) is 3.22. The molecule has 0 saturated heterocycles. The fraction of sp³-hybridized carbons (Fsp3) is 0.476. The van der Waals surface area contributed by atoms with Crippen molar-refractivity contribution in [2.45, 2.75) is 46.5 Å². The van der Waals surface area contributed by atoms with Gasteiger partial charge in [-0.15, -0.1) is 0 Å². The zero-order valence-corrected chi connectivity index (χ0v) is 14.7. The van der Waals surface area contributed by atoms with E-state index in [2.05, 4.69) is 20.8 Å². The van der Waals surface area contributed by atoms with E-state index in [0.29, 0.717) is 0 Å². The Hall–Kier alpha value is -2.03. The highest BCUT2D eigenvalue weighted by Gasteiger charge is 2.54. The van der Waals surface area contributed by atoms with Crippen molar-refractivity contribution < 1.29 is 9.90 Å². The number of nitrogens with zero attached hydrogens (tertiary/aromatic N) is 1. The van der Waals surface area contributed by atoms with Gasteiger partial charge in [0.2, 0.25) is 5.91 Å². The van der Waals surface area contributed by atoms with Crippen molar-refractivity contribution in [1.82, 2.24) is 0 Å². The average molecular weight is 323 g/mol. The Bertz CT molecular complexity index is 829. The van der Waals surface area contributed by atoms with Crippen LogP contribution < -0.4 is 4.90 Å². The van der Waals surface area contributed by atoms with Gasteiger partial charge < -0.3 is 10.0 Å². The molecule has 1 amide bonds. The van der Waals surface area contributed by atoms with Crippen LogP contribution in [-0.4, -0.2) is 17.6 Å². The summed E-state index contributed by atoms with van der Waals surface area (Å²) in [5.41, 5.74) is 2.15. The predicted molar refractivity (Wildman–Crippen MR) is 97.4 cm³/mol. The summed E-state index contributed by atoms with van der Waals surface area (Å²) in [5.74, 6) is 0.515. The van der Waals surface area contributed by atoms with E-state index in [0.717, 1.165) is 48.7 Å². The fourth-order valence-electron chi connectivity index (χ4n) is 5.08. The number of rotatable bonds is 2. The van der Waals surface area contributed by atoms with E-state index >= 15 is 0 Å². The van der Waals surface area contributed by atoms with Gasteiger partial charge in [-0.2, -0.15) is 0 Å². The molecule has 0 bridgehead atoms. The van der Waals surface area contributed by atoms with Gasteiger partial charge in [-0.25, -0.2) is 0 Å². The first-order valence-corrected chi connectivity index (χ1v) is 8.92. The van der Waals surface area contributed by atoms with Gasteiger partial charge in [0.05, 0.1) is 11.1 Å². The molecule has 4 rings (SSSR count). The Labute approximate surface area is 143 Å². The highest BCUT2D eigenvalue weighted by molar-refractivity contribution is 6.05.